The average Bonchev–Trinajstić information content (AvgIpc) is 2.69. The molecule has 0 aliphatic carbocycles. The van der Waals surface area contributed by atoms with E-state index in [1.54, 1.807) is 10.7 Å². The molecular weight excluding hydrogens is 218 g/mol. The predicted octanol–water partition coefficient (Wildman–Crippen LogP) is 1.47. The Hall–Kier alpha value is -2.30. The van der Waals surface area contributed by atoms with Gasteiger partial charge in [-0.15, -0.1) is 0 Å². The number of nitrogens with zero attached hydrogens (tertiary/aromatic N) is 2. The number of nitrogens with two attached hydrogens (primary N) is 1. The molecule has 0 aliphatic rings. The van der Waals surface area contributed by atoms with Crippen LogP contribution < -0.4 is 5.73 Å². The molecule has 0 saturated carbocycles. The first-order chi connectivity index (χ1) is 8.16. The van der Waals surface area contributed by atoms with Gasteiger partial charge in [0.2, 0.25) is 0 Å². The lowest BCUT2D eigenvalue weighted by Gasteiger charge is -2.02. The van der Waals surface area contributed by atoms with Gasteiger partial charge in [-0.05, 0) is 12.1 Å². The van der Waals surface area contributed by atoms with Crippen molar-refractivity contribution >= 4 is 11.8 Å². The molecule has 0 atom stereocenters. The number of carboxylic acids is 1. The molecule has 2 rings (SSSR count). The summed E-state index contributed by atoms with van der Waals surface area (Å²) < 4.78 is 1.61. The number of aromatic nitrogens is 2. The molecule has 0 aliphatic heterocycles. The first-order valence-electron chi connectivity index (χ1n) is 5.28. The van der Waals surface area contributed by atoms with Gasteiger partial charge >= 0.3 is 5.97 Å². The highest BCUT2D eigenvalue weighted by atomic mass is 16.4. The number of para-hydroxylation sites is 1. The van der Waals surface area contributed by atoms with Crippen LogP contribution in [0.5, 0.6) is 0 Å². The van der Waals surface area contributed by atoms with Crippen molar-refractivity contribution in [1.82, 2.24) is 9.78 Å². The maximum Gasteiger partial charge on any atom is 0.303 e. The SMILES string of the molecule is Nc1cc(CCC(=O)O)nn1-c1ccccc1. The third kappa shape index (κ3) is 2.63. The van der Waals surface area contributed by atoms with Crippen LogP contribution in [0.25, 0.3) is 5.69 Å². The topological polar surface area (TPSA) is 81.1 Å². The van der Waals surface area contributed by atoms with Crippen LogP contribution in [-0.4, -0.2) is 20.9 Å². The van der Waals surface area contributed by atoms with Crippen molar-refractivity contribution in [3.63, 3.8) is 0 Å². The van der Waals surface area contributed by atoms with E-state index in [2.05, 4.69) is 5.10 Å². The minimum atomic E-state index is -0.835. The summed E-state index contributed by atoms with van der Waals surface area (Å²) >= 11 is 0. The molecule has 1 aromatic carbocycles. The highest BCUT2D eigenvalue weighted by Gasteiger charge is 2.07. The molecule has 0 bridgehead atoms. The van der Waals surface area contributed by atoms with Gasteiger partial charge in [-0.2, -0.15) is 5.10 Å². The third-order valence-electron chi connectivity index (χ3n) is 2.38. The van der Waals surface area contributed by atoms with Crippen molar-refractivity contribution in [3.05, 3.63) is 42.1 Å². The monoisotopic (exact) mass is 231 g/mol. The molecule has 0 unspecified atom stereocenters. The summed E-state index contributed by atoms with van der Waals surface area (Å²) in [5.41, 5.74) is 7.39. The second kappa shape index (κ2) is 4.69. The maximum absolute atomic E-state index is 10.5. The zero-order valence-corrected chi connectivity index (χ0v) is 9.21. The number of hydrogen-bond donors (Lipinski definition) is 2. The van der Waals surface area contributed by atoms with Crippen molar-refractivity contribution in [2.24, 2.45) is 0 Å². The Morgan fingerprint density at radius 3 is 2.71 bits per heavy atom. The second-order valence-electron chi connectivity index (χ2n) is 3.70. The molecule has 0 saturated heterocycles. The van der Waals surface area contributed by atoms with Crippen LogP contribution in [-0.2, 0) is 11.2 Å². The number of anilines is 1. The van der Waals surface area contributed by atoms with Crippen molar-refractivity contribution in [2.75, 3.05) is 5.73 Å². The summed E-state index contributed by atoms with van der Waals surface area (Å²) in [4.78, 5) is 10.5. The lowest BCUT2D eigenvalue weighted by molar-refractivity contribution is -0.136. The summed E-state index contributed by atoms with van der Waals surface area (Å²) in [6.07, 6.45) is 0.449. The van der Waals surface area contributed by atoms with Crippen LogP contribution in [0.1, 0.15) is 12.1 Å². The Morgan fingerprint density at radius 2 is 2.06 bits per heavy atom. The van der Waals surface area contributed by atoms with E-state index in [0.717, 1.165) is 5.69 Å². The minimum Gasteiger partial charge on any atom is -0.481 e. The maximum atomic E-state index is 10.5. The number of nitrogen functional groups attached to an aromatic ring is 1. The van der Waals surface area contributed by atoms with E-state index in [1.807, 2.05) is 30.3 Å². The average molecular weight is 231 g/mol. The first kappa shape index (κ1) is 11.2. The third-order valence-corrected chi connectivity index (χ3v) is 2.38. The molecule has 0 radical (unpaired) electrons. The minimum absolute atomic E-state index is 0.0608. The molecule has 0 amide bonds. The van der Waals surface area contributed by atoms with Crippen molar-refractivity contribution in [2.45, 2.75) is 12.8 Å². The van der Waals surface area contributed by atoms with Crippen molar-refractivity contribution in [3.8, 4) is 5.69 Å². The van der Waals surface area contributed by atoms with Gasteiger partial charge in [-0.25, -0.2) is 4.68 Å². The van der Waals surface area contributed by atoms with E-state index in [9.17, 15) is 4.79 Å². The van der Waals surface area contributed by atoms with Crippen LogP contribution in [0.2, 0.25) is 0 Å². The van der Waals surface area contributed by atoms with E-state index in [0.29, 0.717) is 17.9 Å². The molecule has 88 valence electrons. The van der Waals surface area contributed by atoms with Gasteiger partial charge in [0.05, 0.1) is 17.8 Å². The number of aryl methyl sites for hydroxylation is 1. The predicted molar refractivity (Wildman–Crippen MR) is 63.9 cm³/mol. The number of carbonyl (C=O) groups is 1. The van der Waals surface area contributed by atoms with Crippen LogP contribution in [0.3, 0.4) is 0 Å². The van der Waals surface area contributed by atoms with Gasteiger partial charge in [0.1, 0.15) is 5.82 Å². The Balaban J connectivity index is 2.22. The van der Waals surface area contributed by atoms with Crippen LogP contribution in [0, 0.1) is 0 Å². The number of benzene rings is 1. The zero-order valence-electron chi connectivity index (χ0n) is 9.21. The fourth-order valence-corrected chi connectivity index (χ4v) is 1.58. The lowest BCUT2D eigenvalue weighted by atomic mass is 10.2. The molecule has 5 heteroatoms. The molecule has 0 fully saturated rings. The van der Waals surface area contributed by atoms with Crippen molar-refractivity contribution in [1.29, 1.82) is 0 Å². The number of carboxylic acid groups (broad SMARTS) is 1. The van der Waals surface area contributed by atoms with E-state index < -0.39 is 5.97 Å². The molecule has 1 heterocycles. The first-order valence-corrected chi connectivity index (χ1v) is 5.28. The highest BCUT2D eigenvalue weighted by Crippen LogP contribution is 2.14. The van der Waals surface area contributed by atoms with E-state index in [1.165, 1.54) is 0 Å². The fraction of sp³-hybridized carbons (Fsp3) is 0.167. The van der Waals surface area contributed by atoms with Gasteiger partial charge in [-0.1, -0.05) is 18.2 Å². The number of aliphatic carboxylic acids is 1. The summed E-state index contributed by atoms with van der Waals surface area (Å²) in [6.45, 7) is 0. The van der Waals surface area contributed by atoms with Gasteiger partial charge in [0.15, 0.2) is 0 Å². The molecule has 17 heavy (non-hydrogen) atoms. The Kier molecular flexibility index (Phi) is 3.09. The lowest BCUT2D eigenvalue weighted by Crippen LogP contribution is -2.02. The zero-order chi connectivity index (χ0) is 12.3. The second-order valence-corrected chi connectivity index (χ2v) is 3.70. The quantitative estimate of drug-likeness (QED) is 0.834. The van der Waals surface area contributed by atoms with Gasteiger partial charge in [-0.3, -0.25) is 4.79 Å². The number of hydrogen-bond acceptors (Lipinski definition) is 3. The Labute approximate surface area is 98.5 Å². The van der Waals surface area contributed by atoms with Crippen LogP contribution >= 0.6 is 0 Å². The molecule has 5 nitrogen and oxygen atoms in total. The van der Waals surface area contributed by atoms with Crippen molar-refractivity contribution < 1.29 is 9.90 Å². The van der Waals surface area contributed by atoms with E-state index in [4.69, 9.17) is 10.8 Å². The van der Waals surface area contributed by atoms with Crippen LogP contribution in [0.4, 0.5) is 5.82 Å². The molecule has 3 N–H and O–H groups in total. The smallest absolute Gasteiger partial charge is 0.303 e. The largest absolute Gasteiger partial charge is 0.481 e. The van der Waals surface area contributed by atoms with E-state index in [-0.39, 0.29) is 6.42 Å². The van der Waals surface area contributed by atoms with Gasteiger partial charge in [0, 0.05) is 12.5 Å². The number of rotatable bonds is 4. The standard InChI is InChI=1S/C12H13N3O2/c13-11-8-9(6-7-12(16)17)14-15(11)10-4-2-1-3-5-10/h1-5,8H,6-7,13H2,(H,16,17). The Bertz CT molecular complexity index is 520. The van der Waals surface area contributed by atoms with E-state index >= 15 is 0 Å². The molecule has 1 aromatic heterocycles. The highest BCUT2D eigenvalue weighted by molar-refractivity contribution is 5.67. The molecule has 2 aromatic rings. The molecule has 0 spiro atoms. The van der Waals surface area contributed by atoms with Gasteiger partial charge < -0.3 is 10.8 Å². The fourth-order valence-electron chi connectivity index (χ4n) is 1.58. The van der Waals surface area contributed by atoms with Gasteiger partial charge in [0.25, 0.3) is 0 Å². The summed E-state index contributed by atoms with van der Waals surface area (Å²) in [5, 5.41) is 12.9. The summed E-state index contributed by atoms with van der Waals surface area (Å²) in [5.74, 6) is -0.325. The summed E-state index contributed by atoms with van der Waals surface area (Å²) in [7, 11) is 0. The molecular formula is C12H13N3O2. The van der Waals surface area contributed by atoms with Crippen LogP contribution in [0.15, 0.2) is 36.4 Å². The Morgan fingerprint density at radius 1 is 1.35 bits per heavy atom. The summed E-state index contributed by atoms with van der Waals surface area (Å²) in [6, 6.07) is 11.2. The normalized spacial score (nSPS) is 10.4.